The summed E-state index contributed by atoms with van der Waals surface area (Å²) in [7, 11) is 0. The van der Waals surface area contributed by atoms with E-state index < -0.39 is 0 Å². The van der Waals surface area contributed by atoms with Crippen molar-refractivity contribution < 1.29 is 14.4 Å². The molecule has 1 aliphatic carbocycles. The first kappa shape index (κ1) is 19.2. The standard InChI is InChI=1S/C24H19NO3S/c1-14-7-10-17(11-8-14)29-15(2)24(28)25-16-9-12-20-21(13-16)23(27)19-6-4-3-5-18(19)22(20)26/h3-13,15H,1-2H3,(H,25,28). The molecule has 4 nitrogen and oxygen atoms in total. The van der Waals surface area contributed by atoms with Crippen LogP contribution in [0.2, 0.25) is 0 Å². The van der Waals surface area contributed by atoms with E-state index in [1.54, 1.807) is 42.5 Å². The van der Waals surface area contributed by atoms with Crippen LogP contribution in [0.4, 0.5) is 5.69 Å². The minimum atomic E-state index is -0.313. The average Bonchev–Trinajstić information content (AvgIpc) is 2.73. The molecule has 0 aliphatic heterocycles. The molecule has 0 heterocycles. The van der Waals surface area contributed by atoms with Crippen LogP contribution in [-0.2, 0) is 4.79 Å². The van der Waals surface area contributed by atoms with E-state index in [-0.39, 0.29) is 22.7 Å². The summed E-state index contributed by atoms with van der Waals surface area (Å²) in [6.45, 7) is 3.86. The number of hydrogen-bond donors (Lipinski definition) is 1. The number of rotatable bonds is 4. The third kappa shape index (κ3) is 3.74. The van der Waals surface area contributed by atoms with Gasteiger partial charge in [-0.15, -0.1) is 11.8 Å². The Bertz CT molecular complexity index is 1140. The molecule has 3 aromatic carbocycles. The zero-order valence-corrected chi connectivity index (χ0v) is 16.9. The lowest BCUT2D eigenvalue weighted by Crippen LogP contribution is -2.24. The van der Waals surface area contributed by atoms with Crippen molar-refractivity contribution >= 4 is 34.9 Å². The van der Waals surface area contributed by atoms with E-state index in [2.05, 4.69) is 5.32 Å². The number of carbonyl (C=O) groups is 3. The molecule has 3 aromatic rings. The van der Waals surface area contributed by atoms with Gasteiger partial charge in [0.2, 0.25) is 5.91 Å². The van der Waals surface area contributed by atoms with Gasteiger partial charge in [-0.05, 0) is 44.2 Å². The van der Waals surface area contributed by atoms with Gasteiger partial charge >= 0.3 is 0 Å². The second-order valence-electron chi connectivity index (χ2n) is 7.03. The molecule has 1 atom stereocenters. The van der Waals surface area contributed by atoms with E-state index in [9.17, 15) is 14.4 Å². The van der Waals surface area contributed by atoms with Crippen molar-refractivity contribution in [3.05, 3.63) is 94.5 Å². The number of benzene rings is 3. The van der Waals surface area contributed by atoms with Crippen LogP contribution >= 0.6 is 11.8 Å². The van der Waals surface area contributed by atoms with Gasteiger partial charge in [-0.25, -0.2) is 0 Å². The molecule has 1 unspecified atom stereocenters. The van der Waals surface area contributed by atoms with Gasteiger partial charge in [0.15, 0.2) is 11.6 Å². The molecule has 0 saturated heterocycles. The first-order valence-corrected chi connectivity index (χ1v) is 10.2. The predicted molar refractivity (Wildman–Crippen MR) is 115 cm³/mol. The molecule has 1 N–H and O–H groups in total. The summed E-state index contributed by atoms with van der Waals surface area (Å²) in [5, 5.41) is 2.55. The van der Waals surface area contributed by atoms with Gasteiger partial charge in [-0.2, -0.15) is 0 Å². The monoisotopic (exact) mass is 401 g/mol. The summed E-state index contributed by atoms with van der Waals surface area (Å²) in [6, 6.07) is 19.7. The average molecular weight is 401 g/mol. The van der Waals surface area contributed by atoms with Gasteiger partial charge in [0.25, 0.3) is 0 Å². The highest BCUT2D eigenvalue weighted by Crippen LogP contribution is 2.30. The first-order valence-electron chi connectivity index (χ1n) is 9.30. The SMILES string of the molecule is Cc1ccc(SC(C)C(=O)Nc2ccc3c(c2)C(=O)c2ccccc2C3=O)cc1. The zero-order chi connectivity index (χ0) is 20.5. The van der Waals surface area contributed by atoms with Crippen molar-refractivity contribution in [1.82, 2.24) is 0 Å². The predicted octanol–water partition coefficient (Wildman–Crippen LogP) is 4.89. The van der Waals surface area contributed by atoms with Crippen LogP contribution in [0.5, 0.6) is 0 Å². The van der Waals surface area contributed by atoms with Crippen LogP contribution in [0.3, 0.4) is 0 Å². The lowest BCUT2D eigenvalue weighted by Gasteiger charge is -2.18. The Labute approximate surface area is 173 Å². The highest BCUT2D eigenvalue weighted by atomic mass is 32.2. The molecule has 0 aromatic heterocycles. The summed E-state index contributed by atoms with van der Waals surface area (Å²) >= 11 is 1.47. The van der Waals surface area contributed by atoms with E-state index in [4.69, 9.17) is 0 Å². The summed E-state index contributed by atoms with van der Waals surface area (Å²) in [5.74, 6) is -0.532. The molecule has 144 valence electrons. The van der Waals surface area contributed by atoms with Gasteiger partial charge in [0.1, 0.15) is 0 Å². The van der Waals surface area contributed by atoms with Crippen LogP contribution in [0, 0.1) is 6.92 Å². The highest BCUT2D eigenvalue weighted by Gasteiger charge is 2.29. The van der Waals surface area contributed by atoms with Gasteiger partial charge < -0.3 is 5.32 Å². The topological polar surface area (TPSA) is 63.2 Å². The van der Waals surface area contributed by atoms with Gasteiger partial charge in [0, 0.05) is 32.8 Å². The Balaban J connectivity index is 1.53. The fraction of sp³-hybridized carbons (Fsp3) is 0.125. The highest BCUT2D eigenvalue weighted by molar-refractivity contribution is 8.00. The molecule has 0 saturated carbocycles. The largest absolute Gasteiger partial charge is 0.325 e. The van der Waals surface area contributed by atoms with Crippen LogP contribution in [0.15, 0.2) is 71.6 Å². The maximum Gasteiger partial charge on any atom is 0.237 e. The maximum atomic E-state index is 12.8. The molecule has 5 heteroatoms. The Hall–Kier alpha value is -3.18. The first-order chi connectivity index (χ1) is 13.9. The summed E-state index contributed by atoms with van der Waals surface area (Å²) in [5.41, 5.74) is 3.19. The van der Waals surface area contributed by atoms with Crippen molar-refractivity contribution in [3.63, 3.8) is 0 Å². The number of thioether (sulfide) groups is 1. The number of carbonyl (C=O) groups excluding carboxylic acids is 3. The Morgan fingerprint density at radius 3 is 2.07 bits per heavy atom. The maximum absolute atomic E-state index is 12.8. The van der Waals surface area contributed by atoms with Crippen LogP contribution < -0.4 is 5.32 Å². The summed E-state index contributed by atoms with van der Waals surface area (Å²) < 4.78 is 0. The molecule has 0 radical (unpaired) electrons. The number of ketones is 2. The fourth-order valence-electron chi connectivity index (χ4n) is 3.30. The van der Waals surface area contributed by atoms with E-state index in [1.807, 2.05) is 38.1 Å². The van der Waals surface area contributed by atoms with Crippen LogP contribution in [0.1, 0.15) is 44.3 Å². The molecule has 1 aliphatic rings. The summed E-state index contributed by atoms with van der Waals surface area (Å²) in [6.07, 6.45) is 0. The van der Waals surface area contributed by atoms with Gasteiger partial charge in [0.05, 0.1) is 5.25 Å². The second-order valence-corrected chi connectivity index (χ2v) is 8.44. The lowest BCUT2D eigenvalue weighted by atomic mass is 9.84. The zero-order valence-electron chi connectivity index (χ0n) is 16.1. The molecule has 0 fully saturated rings. The molecule has 29 heavy (non-hydrogen) atoms. The van der Waals surface area contributed by atoms with Crippen molar-refractivity contribution in [2.24, 2.45) is 0 Å². The minimum Gasteiger partial charge on any atom is -0.325 e. The van der Waals surface area contributed by atoms with E-state index in [1.165, 1.54) is 17.3 Å². The molecular weight excluding hydrogens is 382 g/mol. The number of anilines is 1. The molecule has 0 spiro atoms. The Morgan fingerprint density at radius 2 is 1.41 bits per heavy atom. The summed E-state index contributed by atoms with van der Waals surface area (Å²) in [4.78, 5) is 39.1. The molecule has 0 bridgehead atoms. The molecule has 4 rings (SSSR count). The number of fused-ring (bicyclic) bond motifs is 2. The third-order valence-electron chi connectivity index (χ3n) is 4.90. The number of amides is 1. The molecular formula is C24H19NO3S. The van der Waals surface area contributed by atoms with E-state index >= 15 is 0 Å². The normalized spacial score (nSPS) is 13.4. The van der Waals surface area contributed by atoms with E-state index in [0.717, 1.165) is 4.90 Å². The van der Waals surface area contributed by atoms with Crippen molar-refractivity contribution in [3.8, 4) is 0 Å². The van der Waals surface area contributed by atoms with Crippen molar-refractivity contribution in [1.29, 1.82) is 0 Å². The smallest absolute Gasteiger partial charge is 0.237 e. The number of aryl methyl sites for hydroxylation is 1. The Kier molecular flexibility index (Phi) is 5.07. The number of hydrogen-bond acceptors (Lipinski definition) is 4. The van der Waals surface area contributed by atoms with Crippen molar-refractivity contribution in [2.45, 2.75) is 24.0 Å². The van der Waals surface area contributed by atoms with E-state index in [0.29, 0.717) is 27.9 Å². The molecule has 1 amide bonds. The van der Waals surface area contributed by atoms with Gasteiger partial charge in [-0.3, -0.25) is 14.4 Å². The lowest BCUT2D eigenvalue weighted by molar-refractivity contribution is -0.115. The third-order valence-corrected chi connectivity index (χ3v) is 6.01. The second kappa shape index (κ2) is 7.68. The minimum absolute atomic E-state index is 0.162. The Morgan fingerprint density at radius 1 is 0.828 bits per heavy atom. The van der Waals surface area contributed by atoms with Crippen molar-refractivity contribution in [2.75, 3.05) is 5.32 Å². The van der Waals surface area contributed by atoms with Crippen LogP contribution in [0.25, 0.3) is 0 Å². The van der Waals surface area contributed by atoms with Crippen LogP contribution in [-0.4, -0.2) is 22.7 Å². The van der Waals surface area contributed by atoms with Gasteiger partial charge in [-0.1, -0.05) is 42.0 Å². The number of nitrogens with one attached hydrogen (secondary N) is 1. The quantitative estimate of drug-likeness (QED) is 0.495. The fourth-order valence-corrected chi connectivity index (χ4v) is 4.16.